The van der Waals surface area contributed by atoms with Crippen LogP contribution >= 0.6 is 23.2 Å². The van der Waals surface area contributed by atoms with Crippen LogP contribution in [0.1, 0.15) is 5.56 Å². The van der Waals surface area contributed by atoms with Gasteiger partial charge in [-0.15, -0.1) is 0 Å². The second-order valence-electron chi connectivity index (χ2n) is 5.09. The normalized spacial score (nSPS) is 11.1. The lowest BCUT2D eigenvalue weighted by Gasteiger charge is -2.07. The lowest BCUT2D eigenvalue weighted by Crippen LogP contribution is -2.37. The molecule has 128 valence electrons. The number of nitriles is 1. The Kier molecular flexibility index (Phi) is 5.47. The summed E-state index contributed by atoms with van der Waals surface area (Å²) in [5.41, 5.74) is -1.16. The molecule has 0 spiro atoms. The lowest BCUT2D eigenvalue weighted by atomic mass is 10.2. The van der Waals surface area contributed by atoms with Crippen LogP contribution in [0, 0.1) is 11.3 Å². The maximum absolute atomic E-state index is 12.3. The van der Waals surface area contributed by atoms with Crippen LogP contribution in [0.3, 0.4) is 0 Å². The van der Waals surface area contributed by atoms with Gasteiger partial charge in [0.05, 0.1) is 16.3 Å². The van der Waals surface area contributed by atoms with Gasteiger partial charge in [0.25, 0.3) is 11.5 Å². The summed E-state index contributed by atoms with van der Waals surface area (Å²) in [6.07, 6.45) is 2.37. The van der Waals surface area contributed by atoms with Gasteiger partial charge in [-0.25, -0.2) is 4.79 Å². The Hall–Kier alpha value is -2.82. The molecule has 0 saturated carbocycles. The number of rotatable bonds is 3. The largest absolute Gasteiger partial charge is 0.330 e. The fourth-order valence-electron chi connectivity index (χ4n) is 2.02. The third-order valence-corrected chi connectivity index (χ3v) is 3.87. The van der Waals surface area contributed by atoms with E-state index in [-0.39, 0.29) is 21.8 Å². The van der Waals surface area contributed by atoms with Crippen LogP contribution in [-0.2, 0) is 18.9 Å². The maximum Gasteiger partial charge on any atom is 0.330 e. The highest BCUT2D eigenvalue weighted by molar-refractivity contribution is 6.36. The van der Waals surface area contributed by atoms with Crippen LogP contribution in [-0.4, -0.2) is 15.0 Å². The van der Waals surface area contributed by atoms with E-state index in [0.29, 0.717) is 5.02 Å². The van der Waals surface area contributed by atoms with E-state index in [1.807, 2.05) is 0 Å². The van der Waals surface area contributed by atoms with Crippen molar-refractivity contribution in [1.82, 2.24) is 9.13 Å². The number of halogens is 2. The number of amides is 1. The predicted octanol–water partition coefficient (Wildman–Crippen LogP) is 1.94. The fourth-order valence-corrected chi connectivity index (χ4v) is 2.48. The van der Waals surface area contributed by atoms with Crippen molar-refractivity contribution in [2.24, 2.45) is 14.1 Å². The summed E-state index contributed by atoms with van der Waals surface area (Å²) in [7, 11) is 2.76. The Morgan fingerprint density at radius 1 is 1.28 bits per heavy atom. The summed E-state index contributed by atoms with van der Waals surface area (Å²) in [5.74, 6) is -0.748. The Bertz CT molecular complexity index is 1040. The smallest absolute Gasteiger partial charge is 0.320 e. The van der Waals surface area contributed by atoms with E-state index in [4.69, 9.17) is 23.2 Å². The Morgan fingerprint density at radius 3 is 2.56 bits per heavy atom. The fraction of sp³-hybridized carbons (Fsp3) is 0.125. The summed E-state index contributed by atoms with van der Waals surface area (Å²) in [6, 6.07) is 6.19. The zero-order valence-corrected chi connectivity index (χ0v) is 14.7. The summed E-state index contributed by atoms with van der Waals surface area (Å²) in [6.45, 7) is 0. The number of hydrogen-bond acceptors (Lipinski definition) is 4. The summed E-state index contributed by atoms with van der Waals surface area (Å²) in [4.78, 5) is 36.0. The van der Waals surface area contributed by atoms with Crippen molar-refractivity contribution in [1.29, 1.82) is 5.26 Å². The quantitative estimate of drug-likeness (QED) is 0.651. The first kappa shape index (κ1) is 18.5. The molecule has 0 aliphatic heterocycles. The molecule has 0 unspecified atom stereocenters. The molecule has 0 radical (unpaired) electrons. The van der Waals surface area contributed by atoms with Gasteiger partial charge in [0.1, 0.15) is 11.6 Å². The first-order valence-electron chi connectivity index (χ1n) is 6.89. The van der Waals surface area contributed by atoms with Gasteiger partial charge in [-0.1, -0.05) is 23.2 Å². The second kappa shape index (κ2) is 7.38. The molecule has 0 bridgehead atoms. The molecule has 9 heteroatoms. The van der Waals surface area contributed by atoms with Gasteiger partial charge < -0.3 is 9.88 Å². The Morgan fingerprint density at radius 2 is 1.96 bits per heavy atom. The van der Waals surface area contributed by atoms with Crippen LogP contribution in [0.2, 0.25) is 10.0 Å². The number of carbonyl (C=O) groups is 1. The van der Waals surface area contributed by atoms with Crippen molar-refractivity contribution in [2.45, 2.75) is 0 Å². The zero-order valence-electron chi connectivity index (χ0n) is 13.2. The molecule has 25 heavy (non-hydrogen) atoms. The standard InChI is InChI=1S/C16H12Cl2N4O3/c1-21-8-10(15(24)22(2)16(21)25)5-9(7-19)14(23)20-13-4-3-11(17)6-12(13)18/h3-6,8H,1-2H3,(H,20,23)/b9-5+. The summed E-state index contributed by atoms with van der Waals surface area (Å²) < 4.78 is 2.06. The van der Waals surface area contributed by atoms with E-state index in [1.54, 1.807) is 6.07 Å². The van der Waals surface area contributed by atoms with Crippen LogP contribution in [0.15, 0.2) is 39.6 Å². The minimum absolute atomic E-state index is 0.0264. The van der Waals surface area contributed by atoms with Crippen molar-refractivity contribution in [3.63, 3.8) is 0 Å². The van der Waals surface area contributed by atoms with Crippen LogP contribution in [0.4, 0.5) is 5.69 Å². The molecule has 0 aliphatic rings. The molecule has 7 nitrogen and oxygen atoms in total. The average Bonchev–Trinajstić information content (AvgIpc) is 2.57. The third-order valence-electron chi connectivity index (χ3n) is 3.32. The molecule has 2 aromatic rings. The third kappa shape index (κ3) is 3.99. The van der Waals surface area contributed by atoms with E-state index in [9.17, 15) is 19.6 Å². The van der Waals surface area contributed by atoms with E-state index < -0.39 is 17.2 Å². The van der Waals surface area contributed by atoms with Gasteiger partial charge in [0.2, 0.25) is 0 Å². The van der Waals surface area contributed by atoms with Crippen molar-refractivity contribution in [3.05, 3.63) is 66.4 Å². The number of aryl methyl sites for hydroxylation is 1. The molecule has 1 aromatic carbocycles. The zero-order chi connectivity index (χ0) is 18.7. The highest BCUT2D eigenvalue weighted by atomic mass is 35.5. The first-order valence-corrected chi connectivity index (χ1v) is 7.65. The highest BCUT2D eigenvalue weighted by Gasteiger charge is 2.14. The minimum atomic E-state index is -0.748. The molecule has 0 atom stereocenters. The lowest BCUT2D eigenvalue weighted by molar-refractivity contribution is -0.112. The van der Waals surface area contributed by atoms with Crippen molar-refractivity contribution in [3.8, 4) is 6.07 Å². The van der Waals surface area contributed by atoms with E-state index in [1.165, 1.54) is 43.1 Å². The van der Waals surface area contributed by atoms with Crippen molar-refractivity contribution >= 4 is 40.9 Å². The van der Waals surface area contributed by atoms with Gasteiger partial charge in [-0.05, 0) is 24.3 Å². The van der Waals surface area contributed by atoms with Crippen LogP contribution in [0.25, 0.3) is 6.08 Å². The van der Waals surface area contributed by atoms with Gasteiger partial charge in [0.15, 0.2) is 0 Å². The van der Waals surface area contributed by atoms with E-state index in [2.05, 4.69) is 5.32 Å². The molecule has 0 saturated heterocycles. The van der Waals surface area contributed by atoms with E-state index in [0.717, 1.165) is 10.6 Å². The number of anilines is 1. The number of aromatic nitrogens is 2. The van der Waals surface area contributed by atoms with Gasteiger partial charge in [-0.2, -0.15) is 5.26 Å². The average molecular weight is 379 g/mol. The topological polar surface area (TPSA) is 96.9 Å². The minimum Gasteiger partial charge on any atom is -0.320 e. The molecular weight excluding hydrogens is 367 g/mol. The molecule has 2 rings (SSSR count). The van der Waals surface area contributed by atoms with Gasteiger partial charge in [0, 0.05) is 25.3 Å². The van der Waals surface area contributed by atoms with Gasteiger partial charge in [-0.3, -0.25) is 14.2 Å². The molecule has 1 N–H and O–H groups in total. The number of carbonyl (C=O) groups excluding carboxylic acids is 1. The molecule has 1 amide bonds. The number of nitrogens with zero attached hydrogens (tertiary/aromatic N) is 3. The number of hydrogen-bond donors (Lipinski definition) is 1. The Labute approximate surface area is 152 Å². The summed E-state index contributed by atoms with van der Waals surface area (Å²) in [5, 5.41) is 12.3. The van der Waals surface area contributed by atoms with E-state index >= 15 is 0 Å². The van der Waals surface area contributed by atoms with Crippen LogP contribution in [0.5, 0.6) is 0 Å². The monoisotopic (exact) mass is 378 g/mol. The number of nitrogens with one attached hydrogen (secondary N) is 1. The van der Waals surface area contributed by atoms with Crippen molar-refractivity contribution in [2.75, 3.05) is 5.32 Å². The molecule has 0 fully saturated rings. The molecular formula is C16H12Cl2N4O3. The Balaban J connectivity index is 2.41. The van der Waals surface area contributed by atoms with Crippen LogP contribution < -0.4 is 16.6 Å². The molecule has 1 heterocycles. The predicted molar refractivity (Wildman–Crippen MR) is 95.6 cm³/mol. The second-order valence-corrected chi connectivity index (χ2v) is 5.93. The summed E-state index contributed by atoms with van der Waals surface area (Å²) >= 11 is 11.8. The number of benzene rings is 1. The molecule has 1 aromatic heterocycles. The molecule has 0 aliphatic carbocycles. The SMILES string of the molecule is Cn1cc(/C=C(\C#N)C(=O)Nc2ccc(Cl)cc2Cl)c(=O)n(C)c1=O. The van der Waals surface area contributed by atoms with Crippen molar-refractivity contribution < 1.29 is 4.79 Å². The first-order chi connectivity index (χ1) is 11.7. The van der Waals surface area contributed by atoms with Gasteiger partial charge >= 0.3 is 5.69 Å². The highest BCUT2D eigenvalue weighted by Crippen LogP contribution is 2.25. The maximum atomic E-state index is 12.3.